The fraction of sp³-hybridized carbons (Fsp3) is 0.133. The van der Waals surface area contributed by atoms with Crippen LogP contribution in [-0.2, 0) is 0 Å². The zero-order valence-electron chi connectivity index (χ0n) is 19.4. The molecular weight excluding hydrogens is 388 g/mol. The van der Waals surface area contributed by atoms with Gasteiger partial charge in [0.1, 0.15) is 0 Å². The zero-order valence-corrected chi connectivity index (χ0v) is 19.4. The van der Waals surface area contributed by atoms with Crippen LogP contribution in [-0.4, -0.2) is 28.2 Å². The minimum absolute atomic E-state index is 1.19. The van der Waals surface area contributed by atoms with Crippen LogP contribution in [0.1, 0.15) is 22.3 Å². The monoisotopic (exact) mass is 420 g/mol. The second-order valence-electron chi connectivity index (χ2n) is 8.08. The van der Waals surface area contributed by atoms with Crippen molar-refractivity contribution in [1.29, 1.82) is 0 Å². The molecule has 0 bridgehead atoms. The van der Waals surface area contributed by atoms with E-state index in [2.05, 4.69) is 159 Å². The highest BCUT2D eigenvalue weighted by Crippen LogP contribution is 2.15. The molecule has 0 N–H and O–H groups in total. The van der Waals surface area contributed by atoms with Crippen molar-refractivity contribution < 1.29 is 0 Å². The molecule has 162 valence electrons. The van der Waals surface area contributed by atoms with Gasteiger partial charge in [0.15, 0.2) is 0 Å². The number of allylic oxidation sites excluding steroid dienone is 4. The smallest absolute Gasteiger partial charge is 0.0361 e. The Kier molecular flexibility index (Phi) is 8.28. The number of benzene rings is 3. The van der Waals surface area contributed by atoms with Gasteiger partial charge in [-0.3, -0.25) is 0 Å². The van der Waals surface area contributed by atoms with Crippen molar-refractivity contribution in [2.24, 2.45) is 0 Å². The fourth-order valence-corrected chi connectivity index (χ4v) is 3.15. The van der Waals surface area contributed by atoms with Crippen molar-refractivity contribution >= 4 is 35.7 Å². The molecule has 32 heavy (non-hydrogen) atoms. The van der Waals surface area contributed by atoms with Crippen LogP contribution in [0.25, 0.3) is 24.3 Å². The fourth-order valence-electron chi connectivity index (χ4n) is 3.15. The molecule has 2 nitrogen and oxygen atoms in total. The molecule has 0 heterocycles. The Balaban J connectivity index is 1.50. The molecule has 2 heteroatoms. The molecule has 0 radical (unpaired) electrons. The minimum Gasteiger partial charge on any atom is -0.378 e. The molecule has 3 rings (SSSR count). The third-order valence-corrected chi connectivity index (χ3v) is 5.13. The Bertz CT molecular complexity index is 989. The van der Waals surface area contributed by atoms with Crippen LogP contribution in [0, 0.1) is 0 Å². The summed E-state index contributed by atoms with van der Waals surface area (Å²) in [6, 6.07) is 25.6. The van der Waals surface area contributed by atoms with Gasteiger partial charge in [0.05, 0.1) is 0 Å². The van der Waals surface area contributed by atoms with E-state index in [1.54, 1.807) is 0 Å². The largest absolute Gasteiger partial charge is 0.378 e. The van der Waals surface area contributed by atoms with Crippen LogP contribution in [0.4, 0.5) is 11.4 Å². The summed E-state index contributed by atoms with van der Waals surface area (Å²) < 4.78 is 0. The van der Waals surface area contributed by atoms with Gasteiger partial charge in [-0.2, -0.15) is 0 Å². The van der Waals surface area contributed by atoms with E-state index < -0.39 is 0 Å². The van der Waals surface area contributed by atoms with Crippen LogP contribution in [0.2, 0.25) is 0 Å². The molecule has 0 saturated carbocycles. The average molecular weight is 421 g/mol. The van der Waals surface area contributed by atoms with Crippen molar-refractivity contribution in [2.75, 3.05) is 38.0 Å². The first-order valence-corrected chi connectivity index (χ1v) is 10.9. The first-order valence-electron chi connectivity index (χ1n) is 10.9. The quantitative estimate of drug-likeness (QED) is 0.354. The topological polar surface area (TPSA) is 6.48 Å². The Morgan fingerprint density at radius 2 is 0.594 bits per heavy atom. The van der Waals surface area contributed by atoms with Crippen molar-refractivity contribution in [3.05, 3.63) is 119 Å². The second-order valence-corrected chi connectivity index (χ2v) is 8.08. The Labute approximate surface area is 193 Å². The summed E-state index contributed by atoms with van der Waals surface area (Å²) in [5.41, 5.74) is 7.18. The summed E-state index contributed by atoms with van der Waals surface area (Å²) in [4.78, 5) is 4.21. The highest BCUT2D eigenvalue weighted by atomic mass is 15.1. The van der Waals surface area contributed by atoms with Gasteiger partial charge in [0.25, 0.3) is 0 Å². The Hall–Kier alpha value is -3.78. The SMILES string of the molecule is CN(C)c1ccc(/C=C/C=C/c2ccc(/C=C/C=C/c3ccc(N(C)C)cc3)cc2)cc1. The minimum atomic E-state index is 1.19. The van der Waals surface area contributed by atoms with Crippen LogP contribution < -0.4 is 9.80 Å². The molecule has 0 saturated heterocycles. The van der Waals surface area contributed by atoms with Gasteiger partial charge < -0.3 is 9.80 Å². The van der Waals surface area contributed by atoms with Crippen molar-refractivity contribution in [3.8, 4) is 0 Å². The summed E-state index contributed by atoms with van der Waals surface area (Å²) in [5, 5.41) is 0. The number of anilines is 2. The number of hydrogen-bond donors (Lipinski definition) is 0. The maximum Gasteiger partial charge on any atom is 0.0361 e. The summed E-state index contributed by atoms with van der Waals surface area (Å²) in [7, 11) is 8.21. The highest BCUT2D eigenvalue weighted by Gasteiger charge is 1.94. The number of nitrogens with zero attached hydrogens (tertiary/aromatic N) is 2. The van der Waals surface area contributed by atoms with Crippen LogP contribution >= 0.6 is 0 Å². The predicted molar refractivity (Wildman–Crippen MR) is 144 cm³/mol. The molecule has 3 aromatic carbocycles. The lowest BCUT2D eigenvalue weighted by atomic mass is 10.1. The normalized spacial score (nSPS) is 11.9. The van der Waals surface area contributed by atoms with Gasteiger partial charge in [0, 0.05) is 39.6 Å². The van der Waals surface area contributed by atoms with Crippen molar-refractivity contribution in [3.63, 3.8) is 0 Å². The van der Waals surface area contributed by atoms with E-state index in [9.17, 15) is 0 Å². The molecule has 0 aliphatic rings. The summed E-state index contributed by atoms with van der Waals surface area (Å²) in [6.07, 6.45) is 16.8. The molecule has 0 amide bonds. The van der Waals surface area contributed by atoms with E-state index in [1.807, 2.05) is 0 Å². The second kappa shape index (κ2) is 11.6. The Morgan fingerprint density at radius 1 is 0.375 bits per heavy atom. The van der Waals surface area contributed by atoms with E-state index in [1.165, 1.54) is 33.6 Å². The van der Waals surface area contributed by atoms with Crippen LogP contribution in [0.3, 0.4) is 0 Å². The van der Waals surface area contributed by atoms with Crippen LogP contribution in [0.15, 0.2) is 97.1 Å². The predicted octanol–water partition coefficient (Wildman–Crippen LogP) is 7.27. The first-order chi connectivity index (χ1) is 15.5. The summed E-state index contributed by atoms with van der Waals surface area (Å²) in [5.74, 6) is 0. The van der Waals surface area contributed by atoms with Gasteiger partial charge in [-0.05, 0) is 46.5 Å². The molecule has 0 fully saturated rings. The standard InChI is InChI=1S/C30H32N2/c1-31(2)29-21-17-27(18-22-29)11-7-5-9-25-13-15-26(16-14-25)10-6-8-12-28-19-23-30(24-20-28)32(3)4/h5-24H,1-4H3/b9-5+,10-6+,11-7+,12-8+. The molecule has 0 spiro atoms. The lowest BCUT2D eigenvalue weighted by molar-refractivity contribution is 1.13. The zero-order chi connectivity index (χ0) is 22.8. The summed E-state index contributed by atoms with van der Waals surface area (Å²) in [6.45, 7) is 0. The van der Waals surface area contributed by atoms with Crippen molar-refractivity contribution in [1.82, 2.24) is 0 Å². The molecular formula is C30H32N2. The first kappa shape index (κ1) is 22.9. The molecule has 0 aliphatic carbocycles. The Morgan fingerprint density at radius 3 is 0.812 bits per heavy atom. The van der Waals surface area contributed by atoms with Gasteiger partial charge in [0.2, 0.25) is 0 Å². The third kappa shape index (κ3) is 7.17. The molecule has 3 aromatic rings. The molecule has 0 aromatic heterocycles. The summed E-state index contributed by atoms with van der Waals surface area (Å²) >= 11 is 0. The van der Waals surface area contributed by atoms with Gasteiger partial charge in [-0.25, -0.2) is 0 Å². The van der Waals surface area contributed by atoms with Crippen molar-refractivity contribution in [2.45, 2.75) is 0 Å². The van der Waals surface area contributed by atoms with E-state index in [0.29, 0.717) is 0 Å². The molecule has 0 aliphatic heterocycles. The maximum absolute atomic E-state index is 2.14. The van der Waals surface area contributed by atoms with Crippen LogP contribution in [0.5, 0.6) is 0 Å². The molecule has 0 atom stereocenters. The van der Waals surface area contributed by atoms with Gasteiger partial charge in [-0.15, -0.1) is 0 Å². The number of rotatable bonds is 8. The van der Waals surface area contributed by atoms with E-state index >= 15 is 0 Å². The average Bonchev–Trinajstić information content (AvgIpc) is 2.81. The number of hydrogen-bond acceptors (Lipinski definition) is 2. The lowest BCUT2D eigenvalue weighted by Crippen LogP contribution is -2.07. The third-order valence-electron chi connectivity index (χ3n) is 5.13. The lowest BCUT2D eigenvalue weighted by Gasteiger charge is -2.11. The highest BCUT2D eigenvalue weighted by molar-refractivity contribution is 5.62. The van der Waals surface area contributed by atoms with Gasteiger partial charge in [-0.1, -0.05) is 97.1 Å². The van der Waals surface area contributed by atoms with E-state index in [4.69, 9.17) is 0 Å². The van der Waals surface area contributed by atoms with E-state index in [-0.39, 0.29) is 0 Å². The maximum atomic E-state index is 2.14. The molecule has 0 unspecified atom stereocenters. The van der Waals surface area contributed by atoms with Gasteiger partial charge >= 0.3 is 0 Å². The van der Waals surface area contributed by atoms with E-state index in [0.717, 1.165) is 0 Å².